The lowest BCUT2D eigenvalue weighted by molar-refractivity contribution is -0.134. The first kappa shape index (κ1) is 19.6. The molecule has 3 N–H and O–H groups in total. The molecular weight excluding hydrogens is 288 g/mol. The number of carboxylic acids is 3. The van der Waals surface area contributed by atoms with Gasteiger partial charge >= 0.3 is 17.9 Å². The summed E-state index contributed by atoms with van der Waals surface area (Å²) in [6.07, 6.45) is 5.72. The lowest BCUT2D eigenvalue weighted by Crippen LogP contribution is -2.10. The van der Waals surface area contributed by atoms with E-state index in [4.69, 9.17) is 10.2 Å². The number of allylic oxidation sites excluding steroid dienone is 3. The number of rotatable bonds is 9. The van der Waals surface area contributed by atoms with Gasteiger partial charge in [-0.1, -0.05) is 38.5 Å². The van der Waals surface area contributed by atoms with Crippen LogP contribution in [0.5, 0.6) is 0 Å². The third-order valence-electron chi connectivity index (χ3n) is 3.11. The summed E-state index contributed by atoms with van der Waals surface area (Å²) >= 11 is 0. The van der Waals surface area contributed by atoms with E-state index in [0.29, 0.717) is 12.8 Å². The van der Waals surface area contributed by atoms with Crippen molar-refractivity contribution in [3.05, 3.63) is 34.9 Å². The van der Waals surface area contributed by atoms with Gasteiger partial charge in [-0.15, -0.1) is 0 Å². The molecule has 0 amide bonds. The van der Waals surface area contributed by atoms with E-state index in [1.54, 1.807) is 6.92 Å². The normalized spacial score (nSPS) is 14.6. The topological polar surface area (TPSA) is 112 Å². The fourth-order valence-electron chi connectivity index (χ4n) is 1.77. The molecule has 0 radical (unpaired) electrons. The van der Waals surface area contributed by atoms with Crippen molar-refractivity contribution < 1.29 is 29.7 Å². The quantitative estimate of drug-likeness (QED) is 0.446. The molecule has 1 unspecified atom stereocenters. The minimum atomic E-state index is -1.21. The average Bonchev–Trinajstić information content (AvgIpc) is 2.41. The molecule has 0 bridgehead atoms. The van der Waals surface area contributed by atoms with Crippen molar-refractivity contribution >= 4 is 17.9 Å². The predicted octanol–water partition coefficient (Wildman–Crippen LogP) is 2.87. The fraction of sp³-hybridized carbons (Fsp3) is 0.438. The smallest absolute Gasteiger partial charge is 0.332 e. The molecule has 0 aliphatic rings. The minimum Gasteiger partial charge on any atom is -0.478 e. The summed E-state index contributed by atoms with van der Waals surface area (Å²) in [5.74, 6) is -4.06. The lowest BCUT2D eigenvalue weighted by Gasteiger charge is -2.08. The molecule has 0 fully saturated rings. The van der Waals surface area contributed by atoms with Crippen LogP contribution in [-0.2, 0) is 14.4 Å². The first-order chi connectivity index (χ1) is 10.2. The molecule has 22 heavy (non-hydrogen) atoms. The maximum absolute atomic E-state index is 11.3. The Hall–Kier alpha value is -2.37. The summed E-state index contributed by atoms with van der Waals surface area (Å²) in [6.45, 7) is 4.85. The van der Waals surface area contributed by atoms with E-state index in [9.17, 15) is 19.5 Å². The van der Waals surface area contributed by atoms with Crippen LogP contribution in [0, 0.1) is 5.92 Å². The van der Waals surface area contributed by atoms with Crippen LogP contribution in [0.1, 0.15) is 40.0 Å². The van der Waals surface area contributed by atoms with E-state index in [0.717, 1.165) is 6.42 Å². The van der Waals surface area contributed by atoms with Gasteiger partial charge in [-0.05, 0) is 19.8 Å². The number of carbonyl (C=O) groups is 3. The number of hydrogen-bond donors (Lipinski definition) is 3. The lowest BCUT2D eigenvalue weighted by atomic mass is 9.97. The Morgan fingerprint density at radius 1 is 1.00 bits per heavy atom. The molecule has 0 aromatic carbocycles. The highest BCUT2D eigenvalue weighted by molar-refractivity contribution is 5.91. The van der Waals surface area contributed by atoms with Crippen LogP contribution in [0.15, 0.2) is 34.9 Å². The molecule has 0 aliphatic heterocycles. The van der Waals surface area contributed by atoms with Gasteiger partial charge in [-0.3, -0.25) is 0 Å². The molecule has 0 spiro atoms. The molecule has 0 aliphatic carbocycles. The second-order valence-electron chi connectivity index (χ2n) is 4.97. The molecule has 6 nitrogen and oxygen atoms in total. The molecule has 0 aromatic rings. The Bertz CT molecular complexity index is 525. The third kappa shape index (κ3) is 6.88. The van der Waals surface area contributed by atoms with Gasteiger partial charge in [0.1, 0.15) is 0 Å². The fourth-order valence-corrected chi connectivity index (χ4v) is 1.77. The molecule has 6 heteroatoms. The number of unbranched alkanes of at least 4 members (excludes halogenated alkanes) is 1. The van der Waals surface area contributed by atoms with Gasteiger partial charge in [0.2, 0.25) is 0 Å². The summed E-state index contributed by atoms with van der Waals surface area (Å²) in [4.78, 5) is 33.1. The summed E-state index contributed by atoms with van der Waals surface area (Å²) in [6, 6.07) is 0. The zero-order valence-corrected chi connectivity index (χ0v) is 13.0. The Morgan fingerprint density at radius 3 is 2.00 bits per heavy atom. The van der Waals surface area contributed by atoms with E-state index in [2.05, 4.69) is 0 Å². The first-order valence-electron chi connectivity index (χ1n) is 6.99. The highest BCUT2D eigenvalue weighted by Crippen LogP contribution is 2.17. The number of carboxylic acid groups (broad SMARTS) is 3. The molecular formula is C16H22O6. The van der Waals surface area contributed by atoms with Crippen LogP contribution in [0.4, 0.5) is 0 Å². The molecule has 0 heterocycles. The van der Waals surface area contributed by atoms with Crippen LogP contribution in [0.25, 0.3) is 0 Å². The molecule has 0 saturated carbocycles. The Balaban J connectivity index is 5.47. The summed E-state index contributed by atoms with van der Waals surface area (Å²) < 4.78 is 0. The van der Waals surface area contributed by atoms with Crippen LogP contribution in [0.3, 0.4) is 0 Å². The highest BCUT2D eigenvalue weighted by atomic mass is 16.4. The zero-order chi connectivity index (χ0) is 17.3. The van der Waals surface area contributed by atoms with Crippen molar-refractivity contribution in [3.63, 3.8) is 0 Å². The third-order valence-corrected chi connectivity index (χ3v) is 3.11. The van der Waals surface area contributed by atoms with Gasteiger partial charge in [-0.25, -0.2) is 14.4 Å². The van der Waals surface area contributed by atoms with Crippen molar-refractivity contribution in [2.24, 2.45) is 5.92 Å². The molecule has 0 saturated heterocycles. The largest absolute Gasteiger partial charge is 0.478 e. The zero-order valence-electron chi connectivity index (χ0n) is 13.0. The van der Waals surface area contributed by atoms with E-state index in [1.807, 2.05) is 6.92 Å². The van der Waals surface area contributed by atoms with Crippen molar-refractivity contribution in [2.75, 3.05) is 0 Å². The SMILES string of the molecule is CCCCC(=CC=C(C(=O)O)C(C)C=C(C)C(=O)O)C(=O)O. The summed E-state index contributed by atoms with van der Waals surface area (Å²) in [5.41, 5.74) is 0.107. The van der Waals surface area contributed by atoms with Crippen LogP contribution in [-0.4, -0.2) is 33.2 Å². The standard InChI is InChI=1S/C16H22O6/c1-4-5-6-12(15(19)20)7-8-13(16(21)22)10(2)9-11(3)14(17)18/h7-10H,4-6H2,1-3H3,(H,17,18)(H,19,20)(H,21,22). The second-order valence-corrected chi connectivity index (χ2v) is 4.97. The monoisotopic (exact) mass is 310 g/mol. The minimum absolute atomic E-state index is 0.0353. The summed E-state index contributed by atoms with van der Waals surface area (Å²) in [7, 11) is 0. The number of aliphatic carboxylic acids is 3. The molecule has 0 rings (SSSR count). The predicted molar refractivity (Wildman–Crippen MR) is 81.5 cm³/mol. The van der Waals surface area contributed by atoms with Crippen LogP contribution >= 0.6 is 0 Å². The van der Waals surface area contributed by atoms with Crippen LogP contribution < -0.4 is 0 Å². The van der Waals surface area contributed by atoms with Gasteiger partial charge in [0.05, 0.1) is 0 Å². The van der Waals surface area contributed by atoms with Crippen molar-refractivity contribution in [2.45, 2.75) is 40.0 Å². The van der Waals surface area contributed by atoms with Gasteiger partial charge in [0, 0.05) is 22.6 Å². The maximum Gasteiger partial charge on any atom is 0.332 e. The highest BCUT2D eigenvalue weighted by Gasteiger charge is 2.15. The van der Waals surface area contributed by atoms with Crippen molar-refractivity contribution in [3.8, 4) is 0 Å². The molecule has 1 atom stereocenters. The van der Waals surface area contributed by atoms with Gasteiger partial charge in [-0.2, -0.15) is 0 Å². The van der Waals surface area contributed by atoms with Gasteiger partial charge < -0.3 is 15.3 Å². The Labute approximate surface area is 129 Å². The Kier molecular flexibility index (Phi) is 8.52. The summed E-state index contributed by atoms with van der Waals surface area (Å²) in [5, 5.41) is 27.1. The van der Waals surface area contributed by atoms with E-state index < -0.39 is 23.8 Å². The molecule has 0 aromatic heterocycles. The van der Waals surface area contributed by atoms with Crippen molar-refractivity contribution in [1.82, 2.24) is 0 Å². The maximum atomic E-state index is 11.3. The first-order valence-corrected chi connectivity index (χ1v) is 6.99. The van der Waals surface area contributed by atoms with Crippen molar-refractivity contribution in [1.29, 1.82) is 0 Å². The van der Waals surface area contributed by atoms with Gasteiger partial charge in [0.15, 0.2) is 0 Å². The molecule has 122 valence electrons. The number of hydrogen-bond acceptors (Lipinski definition) is 3. The average molecular weight is 310 g/mol. The second kappa shape index (κ2) is 9.55. The van der Waals surface area contributed by atoms with E-state index in [1.165, 1.54) is 25.2 Å². The Morgan fingerprint density at radius 2 is 1.59 bits per heavy atom. The van der Waals surface area contributed by atoms with Gasteiger partial charge in [0.25, 0.3) is 0 Å². The van der Waals surface area contributed by atoms with E-state index in [-0.39, 0.29) is 16.7 Å². The van der Waals surface area contributed by atoms with Crippen LogP contribution in [0.2, 0.25) is 0 Å². The van der Waals surface area contributed by atoms with E-state index >= 15 is 0 Å².